The van der Waals surface area contributed by atoms with E-state index < -0.39 is 11.6 Å². The predicted molar refractivity (Wildman–Crippen MR) is 62.7 cm³/mol. The molecule has 0 fully saturated rings. The molecule has 0 aliphatic carbocycles. The van der Waals surface area contributed by atoms with E-state index in [2.05, 4.69) is 10.3 Å². The SMILES string of the molecule is Fc1ccc(CCNc2ncc(F)cc2F)cc1. The Morgan fingerprint density at radius 3 is 2.39 bits per heavy atom. The van der Waals surface area contributed by atoms with Gasteiger partial charge in [-0.3, -0.25) is 0 Å². The van der Waals surface area contributed by atoms with E-state index in [1.165, 1.54) is 12.1 Å². The Morgan fingerprint density at radius 1 is 1.00 bits per heavy atom. The van der Waals surface area contributed by atoms with Crippen molar-refractivity contribution >= 4 is 5.82 Å². The Balaban J connectivity index is 1.90. The van der Waals surface area contributed by atoms with Crippen LogP contribution in [0.4, 0.5) is 19.0 Å². The first-order valence-corrected chi connectivity index (χ1v) is 5.44. The van der Waals surface area contributed by atoms with Gasteiger partial charge in [0.05, 0.1) is 6.20 Å². The van der Waals surface area contributed by atoms with Crippen LogP contribution in [0.3, 0.4) is 0 Å². The fraction of sp³-hybridized carbons (Fsp3) is 0.154. The smallest absolute Gasteiger partial charge is 0.168 e. The first-order chi connectivity index (χ1) is 8.65. The summed E-state index contributed by atoms with van der Waals surface area (Å²) < 4.78 is 38.5. The first-order valence-electron chi connectivity index (χ1n) is 5.44. The van der Waals surface area contributed by atoms with Crippen molar-refractivity contribution in [1.29, 1.82) is 0 Å². The Hall–Kier alpha value is -2.04. The molecule has 0 amide bonds. The molecular formula is C13H11F3N2. The van der Waals surface area contributed by atoms with E-state index in [0.29, 0.717) is 13.0 Å². The minimum atomic E-state index is -0.728. The summed E-state index contributed by atoms with van der Waals surface area (Å²) in [5.41, 5.74) is 0.923. The van der Waals surface area contributed by atoms with Gasteiger partial charge < -0.3 is 5.32 Å². The summed E-state index contributed by atoms with van der Waals surface area (Å²) in [5.74, 6) is -1.72. The topological polar surface area (TPSA) is 24.9 Å². The lowest BCUT2D eigenvalue weighted by atomic mass is 10.1. The summed E-state index contributed by atoms with van der Waals surface area (Å²) in [6, 6.07) is 6.82. The summed E-state index contributed by atoms with van der Waals surface area (Å²) in [5, 5.41) is 2.76. The van der Waals surface area contributed by atoms with Gasteiger partial charge in [-0.15, -0.1) is 0 Å². The third-order valence-electron chi connectivity index (χ3n) is 2.43. The second kappa shape index (κ2) is 5.53. The largest absolute Gasteiger partial charge is 0.367 e. The molecule has 0 radical (unpaired) electrons. The van der Waals surface area contributed by atoms with Gasteiger partial charge in [-0.1, -0.05) is 12.1 Å². The second-order valence-electron chi connectivity index (χ2n) is 3.79. The van der Waals surface area contributed by atoms with Crippen LogP contribution in [0.2, 0.25) is 0 Å². The average molecular weight is 252 g/mol. The van der Waals surface area contributed by atoms with Crippen molar-refractivity contribution in [2.75, 3.05) is 11.9 Å². The van der Waals surface area contributed by atoms with Crippen LogP contribution < -0.4 is 5.32 Å². The van der Waals surface area contributed by atoms with E-state index in [9.17, 15) is 13.2 Å². The number of anilines is 1. The molecule has 2 nitrogen and oxygen atoms in total. The molecule has 0 saturated carbocycles. The van der Waals surface area contributed by atoms with Crippen molar-refractivity contribution in [3.63, 3.8) is 0 Å². The first kappa shape index (κ1) is 12.4. The summed E-state index contributed by atoms with van der Waals surface area (Å²) in [6.45, 7) is 0.432. The zero-order valence-electron chi connectivity index (χ0n) is 9.46. The highest BCUT2D eigenvalue weighted by molar-refractivity contribution is 5.36. The van der Waals surface area contributed by atoms with Gasteiger partial charge in [-0.25, -0.2) is 18.2 Å². The number of aromatic nitrogens is 1. The second-order valence-corrected chi connectivity index (χ2v) is 3.79. The van der Waals surface area contributed by atoms with Crippen molar-refractivity contribution in [1.82, 2.24) is 4.98 Å². The molecule has 0 aliphatic rings. The molecule has 2 rings (SSSR count). The molecule has 0 unspecified atom stereocenters. The lowest BCUT2D eigenvalue weighted by molar-refractivity contribution is 0.575. The lowest BCUT2D eigenvalue weighted by Crippen LogP contribution is -2.08. The maximum absolute atomic E-state index is 13.2. The molecule has 2 aromatic rings. The van der Waals surface area contributed by atoms with Crippen LogP contribution >= 0.6 is 0 Å². The van der Waals surface area contributed by atoms with Gasteiger partial charge in [0.15, 0.2) is 11.6 Å². The van der Waals surface area contributed by atoms with Gasteiger partial charge in [-0.2, -0.15) is 0 Å². The van der Waals surface area contributed by atoms with Gasteiger partial charge in [0.25, 0.3) is 0 Å². The zero-order chi connectivity index (χ0) is 13.0. The Kier molecular flexibility index (Phi) is 3.82. The van der Waals surface area contributed by atoms with Gasteiger partial charge >= 0.3 is 0 Å². The molecule has 1 heterocycles. The number of rotatable bonds is 4. The monoisotopic (exact) mass is 252 g/mol. The molecular weight excluding hydrogens is 241 g/mol. The summed E-state index contributed by atoms with van der Waals surface area (Å²) in [6.07, 6.45) is 1.54. The normalized spacial score (nSPS) is 10.4. The van der Waals surface area contributed by atoms with E-state index >= 15 is 0 Å². The van der Waals surface area contributed by atoms with Crippen molar-refractivity contribution in [3.05, 3.63) is 59.5 Å². The van der Waals surface area contributed by atoms with Crippen molar-refractivity contribution in [3.8, 4) is 0 Å². The van der Waals surface area contributed by atoms with Gasteiger partial charge in [0.1, 0.15) is 11.6 Å². The number of benzene rings is 1. The van der Waals surface area contributed by atoms with Crippen molar-refractivity contribution in [2.24, 2.45) is 0 Å². The van der Waals surface area contributed by atoms with E-state index in [4.69, 9.17) is 0 Å². The molecule has 18 heavy (non-hydrogen) atoms. The lowest BCUT2D eigenvalue weighted by Gasteiger charge is -2.06. The summed E-state index contributed by atoms with van der Waals surface area (Å²) >= 11 is 0. The van der Waals surface area contributed by atoms with Gasteiger partial charge in [0.2, 0.25) is 0 Å². The molecule has 1 N–H and O–H groups in total. The van der Waals surface area contributed by atoms with Gasteiger partial charge in [0, 0.05) is 12.6 Å². The fourth-order valence-electron chi connectivity index (χ4n) is 1.52. The van der Waals surface area contributed by atoms with Crippen LogP contribution in [0.15, 0.2) is 36.5 Å². The van der Waals surface area contributed by atoms with E-state index in [1.807, 2.05) is 0 Å². The highest BCUT2D eigenvalue weighted by atomic mass is 19.1. The average Bonchev–Trinajstić information content (AvgIpc) is 2.34. The highest BCUT2D eigenvalue weighted by Crippen LogP contribution is 2.11. The standard InChI is InChI=1S/C13H11F3N2/c14-10-3-1-9(2-4-10)5-6-17-13-12(16)7-11(15)8-18-13/h1-4,7-8H,5-6H2,(H,17,18). The number of pyridine rings is 1. The van der Waals surface area contributed by atoms with E-state index in [-0.39, 0.29) is 11.6 Å². The maximum Gasteiger partial charge on any atom is 0.168 e. The van der Waals surface area contributed by atoms with Crippen LogP contribution in [-0.2, 0) is 6.42 Å². The number of nitrogens with one attached hydrogen (secondary N) is 1. The molecule has 0 aliphatic heterocycles. The van der Waals surface area contributed by atoms with Crippen molar-refractivity contribution < 1.29 is 13.2 Å². The molecule has 5 heteroatoms. The van der Waals surface area contributed by atoms with Crippen LogP contribution in [0.25, 0.3) is 0 Å². The van der Waals surface area contributed by atoms with Crippen LogP contribution in [-0.4, -0.2) is 11.5 Å². The van der Waals surface area contributed by atoms with Crippen LogP contribution in [0, 0.1) is 17.5 Å². The highest BCUT2D eigenvalue weighted by Gasteiger charge is 2.04. The molecule has 94 valence electrons. The molecule has 0 bridgehead atoms. The fourth-order valence-corrected chi connectivity index (χ4v) is 1.52. The molecule has 0 atom stereocenters. The van der Waals surface area contributed by atoms with Gasteiger partial charge in [-0.05, 0) is 24.1 Å². The number of hydrogen-bond acceptors (Lipinski definition) is 2. The number of hydrogen-bond donors (Lipinski definition) is 1. The van der Waals surface area contributed by atoms with Crippen LogP contribution in [0.1, 0.15) is 5.56 Å². The Labute approximate surface area is 102 Å². The third-order valence-corrected chi connectivity index (χ3v) is 2.43. The maximum atomic E-state index is 13.2. The van der Waals surface area contributed by atoms with E-state index in [1.54, 1.807) is 12.1 Å². The minimum Gasteiger partial charge on any atom is -0.367 e. The summed E-state index contributed by atoms with van der Waals surface area (Å²) in [7, 11) is 0. The molecule has 0 spiro atoms. The van der Waals surface area contributed by atoms with Crippen LogP contribution in [0.5, 0.6) is 0 Å². The number of nitrogens with zero attached hydrogens (tertiary/aromatic N) is 1. The molecule has 1 aromatic heterocycles. The Bertz CT molecular complexity index is 526. The number of halogens is 3. The summed E-state index contributed by atoms with van der Waals surface area (Å²) in [4.78, 5) is 3.60. The van der Waals surface area contributed by atoms with Crippen molar-refractivity contribution in [2.45, 2.75) is 6.42 Å². The minimum absolute atomic E-state index is 0.0125. The zero-order valence-corrected chi connectivity index (χ0v) is 9.46. The molecule has 1 aromatic carbocycles. The predicted octanol–water partition coefficient (Wildman–Crippen LogP) is 3.15. The molecule has 0 saturated heterocycles. The van der Waals surface area contributed by atoms with E-state index in [0.717, 1.165) is 17.8 Å². The Morgan fingerprint density at radius 2 is 1.72 bits per heavy atom. The quantitative estimate of drug-likeness (QED) is 0.904. The third kappa shape index (κ3) is 3.23.